The van der Waals surface area contributed by atoms with Crippen molar-refractivity contribution in [2.45, 2.75) is 0 Å². The lowest BCUT2D eigenvalue weighted by Crippen LogP contribution is -1.90. The van der Waals surface area contributed by atoms with Crippen LogP contribution in [0.25, 0.3) is 11.3 Å². The molecule has 0 amide bonds. The van der Waals surface area contributed by atoms with Crippen LogP contribution >= 0.6 is 15.9 Å². The van der Waals surface area contributed by atoms with Gasteiger partial charge in [-0.3, -0.25) is 9.78 Å². The van der Waals surface area contributed by atoms with Gasteiger partial charge in [-0.15, -0.1) is 0 Å². The zero-order valence-electron chi connectivity index (χ0n) is 7.72. The van der Waals surface area contributed by atoms with Crippen molar-refractivity contribution < 1.29 is 4.79 Å². The molecule has 0 N–H and O–H groups in total. The third kappa shape index (κ3) is 2.27. The molecule has 2 aromatic rings. The van der Waals surface area contributed by atoms with Crippen molar-refractivity contribution >= 4 is 22.2 Å². The first kappa shape index (κ1) is 9.98. The fourth-order valence-electron chi connectivity index (χ4n) is 1.17. The Morgan fingerprint density at radius 1 is 1.07 bits per heavy atom. The third-order valence-electron chi connectivity index (χ3n) is 1.93. The van der Waals surface area contributed by atoms with Crippen LogP contribution in [0.15, 0.2) is 41.1 Å². The van der Waals surface area contributed by atoms with Crippen molar-refractivity contribution in [3.05, 3.63) is 46.8 Å². The number of hydrogen-bond acceptors (Lipinski definition) is 3. The standard InChI is InChI=1S/C11H7BrN2O/c12-9-3-1-8(2-4-9)11-6-13-10(7-15)5-14-11/h1-7H. The predicted molar refractivity (Wildman–Crippen MR) is 60.6 cm³/mol. The van der Waals surface area contributed by atoms with E-state index in [0.29, 0.717) is 12.0 Å². The summed E-state index contributed by atoms with van der Waals surface area (Å²) in [6.07, 6.45) is 3.73. The van der Waals surface area contributed by atoms with E-state index in [4.69, 9.17) is 0 Å². The number of hydrogen-bond donors (Lipinski definition) is 0. The maximum Gasteiger partial charge on any atom is 0.170 e. The van der Waals surface area contributed by atoms with Crippen LogP contribution in [0, 0.1) is 0 Å². The molecular formula is C11H7BrN2O. The molecule has 0 fully saturated rings. The highest BCUT2D eigenvalue weighted by Gasteiger charge is 1.99. The molecule has 0 saturated carbocycles. The van der Waals surface area contributed by atoms with Gasteiger partial charge in [-0.1, -0.05) is 28.1 Å². The van der Waals surface area contributed by atoms with Crippen LogP contribution in [-0.4, -0.2) is 16.3 Å². The predicted octanol–water partition coefficient (Wildman–Crippen LogP) is 2.72. The van der Waals surface area contributed by atoms with E-state index in [0.717, 1.165) is 15.7 Å². The van der Waals surface area contributed by atoms with E-state index in [9.17, 15) is 4.79 Å². The average Bonchev–Trinajstić information content (AvgIpc) is 2.30. The van der Waals surface area contributed by atoms with Gasteiger partial charge in [-0.25, -0.2) is 4.98 Å². The molecular weight excluding hydrogens is 256 g/mol. The molecule has 0 bridgehead atoms. The van der Waals surface area contributed by atoms with Crippen LogP contribution < -0.4 is 0 Å². The maximum atomic E-state index is 10.4. The lowest BCUT2D eigenvalue weighted by atomic mass is 10.2. The highest BCUT2D eigenvalue weighted by Crippen LogP contribution is 2.18. The summed E-state index contributed by atoms with van der Waals surface area (Å²) in [5, 5.41) is 0. The van der Waals surface area contributed by atoms with Crippen LogP contribution in [0.2, 0.25) is 0 Å². The summed E-state index contributed by atoms with van der Waals surface area (Å²) < 4.78 is 1.02. The molecule has 0 aliphatic carbocycles. The normalized spacial score (nSPS) is 9.93. The highest BCUT2D eigenvalue weighted by atomic mass is 79.9. The Bertz CT molecular complexity index is 465. The fourth-order valence-corrected chi connectivity index (χ4v) is 1.43. The van der Waals surface area contributed by atoms with E-state index in [2.05, 4.69) is 25.9 Å². The Labute approximate surface area is 95.3 Å². The summed E-state index contributed by atoms with van der Waals surface area (Å²) in [6.45, 7) is 0. The lowest BCUT2D eigenvalue weighted by molar-refractivity contribution is 0.111. The van der Waals surface area contributed by atoms with Crippen LogP contribution in [0.5, 0.6) is 0 Å². The van der Waals surface area contributed by atoms with Crippen molar-refractivity contribution in [2.24, 2.45) is 0 Å². The molecule has 0 aliphatic rings. The molecule has 3 nitrogen and oxygen atoms in total. The Kier molecular flexibility index (Phi) is 2.87. The Morgan fingerprint density at radius 2 is 1.80 bits per heavy atom. The highest BCUT2D eigenvalue weighted by molar-refractivity contribution is 9.10. The maximum absolute atomic E-state index is 10.4. The molecule has 0 unspecified atom stereocenters. The van der Waals surface area contributed by atoms with E-state index < -0.39 is 0 Å². The SMILES string of the molecule is O=Cc1cnc(-c2ccc(Br)cc2)cn1. The fraction of sp³-hybridized carbons (Fsp3) is 0. The second-order valence-corrected chi connectivity index (χ2v) is 3.87. The summed E-state index contributed by atoms with van der Waals surface area (Å²) in [5.41, 5.74) is 2.08. The number of benzene rings is 1. The molecule has 4 heteroatoms. The number of halogens is 1. The molecule has 0 radical (unpaired) electrons. The minimum atomic E-state index is 0.343. The Balaban J connectivity index is 2.37. The first-order valence-electron chi connectivity index (χ1n) is 4.33. The Morgan fingerprint density at radius 3 is 2.33 bits per heavy atom. The summed E-state index contributed by atoms with van der Waals surface area (Å²) in [6, 6.07) is 7.75. The minimum absolute atomic E-state index is 0.343. The van der Waals surface area contributed by atoms with E-state index in [-0.39, 0.29) is 0 Å². The zero-order valence-corrected chi connectivity index (χ0v) is 9.31. The van der Waals surface area contributed by atoms with Gasteiger partial charge in [-0.05, 0) is 12.1 Å². The largest absolute Gasteiger partial charge is 0.296 e. The second kappa shape index (κ2) is 4.31. The molecule has 0 atom stereocenters. The van der Waals surface area contributed by atoms with Crippen molar-refractivity contribution in [3.63, 3.8) is 0 Å². The molecule has 15 heavy (non-hydrogen) atoms. The molecule has 0 saturated heterocycles. The number of aromatic nitrogens is 2. The van der Waals surface area contributed by atoms with Crippen molar-refractivity contribution in [3.8, 4) is 11.3 Å². The van der Waals surface area contributed by atoms with E-state index in [1.165, 1.54) is 6.20 Å². The topological polar surface area (TPSA) is 42.9 Å². The smallest absolute Gasteiger partial charge is 0.170 e. The summed E-state index contributed by atoms with van der Waals surface area (Å²) in [5.74, 6) is 0. The first-order chi connectivity index (χ1) is 7.29. The molecule has 0 aliphatic heterocycles. The van der Waals surface area contributed by atoms with Gasteiger partial charge in [0.1, 0.15) is 5.69 Å². The second-order valence-electron chi connectivity index (χ2n) is 2.95. The van der Waals surface area contributed by atoms with E-state index >= 15 is 0 Å². The summed E-state index contributed by atoms with van der Waals surface area (Å²) in [4.78, 5) is 18.5. The number of nitrogens with zero attached hydrogens (tertiary/aromatic N) is 2. The van der Waals surface area contributed by atoms with Crippen molar-refractivity contribution in [1.29, 1.82) is 0 Å². The van der Waals surface area contributed by atoms with Gasteiger partial charge >= 0.3 is 0 Å². The molecule has 74 valence electrons. The monoisotopic (exact) mass is 262 g/mol. The van der Waals surface area contributed by atoms with Gasteiger partial charge in [0.25, 0.3) is 0 Å². The van der Waals surface area contributed by atoms with Crippen molar-refractivity contribution in [1.82, 2.24) is 9.97 Å². The van der Waals surface area contributed by atoms with Crippen LogP contribution in [-0.2, 0) is 0 Å². The lowest BCUT2D eigenvalue weighted by Gasteiger charge is -1.99. The van der Waals surface area contributed by atoms with Crippen molar-refractivity contribution in [2.75, 3.05) is 0 Å². The van der Waals surface area contributed by atoms with Gasteiger partial charge in [0.05, 0.1) is 18.1 Å². The zero-order chi connectivity index (χ0) is 10.7. The van der Waals surface area contributed by atoms with E-state index in [1.807, 2.05) is 24.3 Å². The van der Waals surface area contributed by atoms with E-state index in [1.54, 1.807) is 6.20 Å². The number of aldehydes is 1. The first-order valence-corrected chi connectivity index (χ1v) is 5.12. The molecule has 0 spiro atoms. The van der Waals surface area contributed by atoms with Gasteiger partial charge in [0.2, 0.25) is 0 Å². The van der Waals surface area contributed by atoms with Gasteiger partial charge in [0.15, 0.2) is 6.29 Å². The van der Waals surface area contributed by atoms with Gasteiger partial charge in [-0.2, -0.15) is 0 Å². The summed E-state index contributed by atoms with van der Waals surface area (Å²) in [7, 11) is 0. The average molecular weight is 263 g/mol. The third-order valence-corrected chi connectivity index (χ3v) is 2.46. The molecule has 2 rings (SSSR count). The summed E-state index contributed by atoms with van der Waals surface area (Å²) >= 11 is 3.36. The van der Waals surface area contributed by atoms with Crippen LogP contribution in [0.1, 0.15) is 10.5 Å². The van der Waals surface area contributed by atoms with Gasteiger partial charge < -0.3 is 0 Å². The molecule has 1 aromatic heterocycles. The quantitative estimate of drug-likeness (QED) is 0.782. The molecule has 1 aromatic carbocycles. The van der Waals surface area contributed by atoms with Gasteiger partial charge in [0, 0.05) is 10.0 Å². The number of carbonyl (C=O) groups excluding carboxylic acids is 1. The molecule has 1 heterocycles. The van der Waals surface area contributed by atoms with Crippen LogP contribution in [0.3, 0.4) is 0 Å². The number of rotatable bonds is 2. The number of carbonyl (C=O) groups is 1. The van der Waals surface area contributed by atoms with Crippen LogP contribution in [0.4, 0.5) is 0 Å². The Hall–Kier alpha value is -1.55. The minimum Gasteiger partial charge on any atom is -0.296 e.